The van der Waals surface area contributed by atoms with E-state index in [4.69, 9.17) is 0 Å². The molecule has 0 radical (unpaired) electrons. The minimum absolute atomic E-state index is 0.152. The Morgan fingerprint density at radius 1 is 1.35 bits per heavy atom. The average molecular weight is 233 g/mol. The third kappa shape index (κ3) is 6.77. The number of carbonyl (C=O) groups is 1. The van der Waals surface area contributed by atoms with E-state index in [1.54, 1.807) is 7.05 Å². The summed E-state index contributed by atoms with van der Waals surface area (Å²) in [4.78, 5) is 11.0. The van der Waals surface area contributed by atoms with Crippen molar-refractivity contribution in [3.63, 3.8) is 0 Å². The smallest absolute Gasteiger partial charge is 0.219 e. The molecule has 0 saturated heterocycles. The van der Waals surface area contributed by atoms with Crippen molar-refractivity contribution in [3.8, 4) is 0 Å². The lowest BCUT2D eigenvalue weighted by molar-refractivity contribution is -0.120. The largest absolute Gasteiger partial charge is 0.359 e. The monoisotopic (exact) mass is 233 g/mol. The number of hydrogen-bond donors (Lipinski definition) is 1. The maximum atomic E-state index is 11.0. The first-order valence-corrected chi connectivity index (χ1v) is 6.53. The van der Waals surface area contributed by atoms with Gasteiger partial charge in [-0.1, -0.05) is 42.9 Å². The zero-order valence-corrected chi connectivity index (χ0v) is 10.7. The van der Waals surface area contributed by atoms with Crippen LogP contribution in [0.25, 0.3) is 0 Å². The normalized spacial score (nSPS) is 18.8. The molecule has 0 heterocycles. The van der Waals surface area contributed by atoms with Gasteiger partial charge < -0.3 is 5.32 Å². The number of unbranched alkanes of at least 4 members (excludes halogenated alkanes) is 3. The van der Waals surface area contributed by atoms with Crippen LogP contribution in [-0.4, -0.2) is 13.0 Å². The second-order valence-electron chi connectivity index (χ2n) is 4.41. The standard InChI is InChI=1S/C15H23NO/c1-16-15(17)13-9-4-2-3-6-10-14-11-7-5-8-12-14/h5-8,10-11,14H,2-4,9,12-13H2,1H3,(H,16,17)/b10-6+. The van der Waals surface area contributed by atoms with Crippen molar-refractivity contribution in [2.45, 2.75) is 38.5 Å². The molecule has 0 spiro atoms. The van der Waals surface area contributed by atoms with Gasteiger partial charge in [-0.3, -0.25) is 4.79 Å². The first-order chi connectivity index (χ1) is 8.33. The molecule has 1 aliphatic rings. The third-order valence-corrected chi connectivity index (χ3v) is 2.95. The molecule has 17 heavy (non-hydrogen) atoms. The van der Waals surface area contributed by atoms with Gasteiger partial charge in [-0.05, 0) is 31.6 Å². The first-order valence-electron chi connectivity index (χ1n) is 6.53. The van der Waals surface area contributed by atoms with Crippen LogP contribution in [0.2, 0.25) is 0 Å². The highest BCUT2D eigenvalue weighted by atomic mass is 16.1. The molecule has 2 heteroatoms. The summed E-state index contributed by atoms with van der Waals surface area (Å²) >= 11 is 0. The second kappa shape index (κ2) is 8.80. The van der Waals surface area contributed by atoms with Crippen molar-refractivity contribution in [2.24, 2.45) is 5.92 Å². The summed E-state index contributed by atoms with van der Waals surface area (Å²) in [6.07, 6.45) is 19.5. The Morgan fingerprint density at radius 2 is 2.24 bits per heavy atom. The predicted octanol–water partition coefficient (Wildman–Crippen LogP) is 3.37. The molecule has 1 atom stereocenters. The summed E-state index contributed by atoms with van der Waals surface area (Å²) in [5.74, 6) is 0.741. The molecule has 0 aliphatic heterocycles. The number of rotatable bonds is 7. The van der Waals surface area contributed by atoms with E-state index in [0.717, 1.165) is 25.7 Å². The van der Waals surface area contributed by atoms with Crippen LogP contribution in [0.1, 0.15) is 38.5 Å². The number of allylic oxidation sites excluding steroid dienone is 6. The number of hydrogen-bond acceptors (Lipinski definition) is 1. The Hall–Kier alpha value is -1.31. The van der Waals surface area contributed by atoms with E-state index >= 15 is 0 Å². The van der Waals surface area contributed by atoms with E-state index in [-0.39, 0.29) is 5.91 Å². The van der Waals surface area contributed by atoms with Crippen LogP contribution >= 0.6 is 0 Å². The highest BCUT2D eigenvalue weighted by Crippen LogP contribution is 2.13. The summed E-state index contributed by atoms with van der Waals surface area (Å²) in [5.41, 5.74) is 0. The third-order valence-electron chi connectivity index (χ3n) is 2.95. The maximum absolute atomic E-state index is 11.0. The molecule has 0 aromatic heterocycles. The van der Waals surface area contributed by atoms with Crippen LogP contribution in [0.15, 0.2) is 36.5 Å². The Morgan fingerprint density at radius 3 is 2.94 bits per heavy atom. The molecule has 0 bridgehead atoms. The lowest BCUT2D eigenvalue weighted by atomic mass is 10.00. The van der Waals surface area contributed by atoms with Gasteiger partial charge in [-0.25, -0.2) is 0 Å². The van der Waals surface area contributed by atoms with Crippen LogP contribution in [0, 0.1) is 5.92 Å². The van der Waals surface area contributed by atoms with Crippen molar-refractivity contribution in [1.82, 2.24) is 5.32 Å². The van der Waals surface area contributed by atoms with Gasteiger partial charge >= 0.3 is 0 Å². The number of carbonyl (C=O) groups excluding carboxylic acids is 1. The molecule has 1 N–H and O–H groups in total. The van der Waals surface area contributed by atoms with Crippen LogP contribution in [0.5, 0.6) is 0 Å². The van der Waals surface area contributed by atoms with Crippen molar-refractivity contribution in [3.05, 3.63) is 36.5 Å². The van der Waals surface area contributed by atoms with Crippen LogP contribution in [0.4, 0.5) is 0 Å². The summed E-state index contributed by atoms with van der Waals surface area (Å²) in [5, 5.41) is 2.64. The SMILES string of the molecule is CNC(=O)CCCCC/C=C/C1C=CC=CC1. The molecule has 1 aliphatic carbocycles. The van der Waals surface area contributed by atoms with E-state index in [1.165, 1.54) is 6.42 Å². The van der Waals surface area contributed by atoms with E-state index < -0.39 is 0 Å². The van der Waals surface area contributed by atoms with Crippen molar-refractivity contribution in [1.29, 1.82) is 0 Å². The topological polar surface area (TPSA) is 29.1 Å². The highest BCUT2D eigenvalue weighted by molar-refractivity contribution is 5.75. The Balaban J connectivity index is 1.97. The molecule has 0 fully saturated rings. The van der Waals surface area contributed by atoms with E-state index in [2.05, 4.69) is 41.8 Å². The van der Waals surface area contributed by atoms with Gasteiger partial charge in [-0.15, -0.1) is 0 Å². The molecule has 1 amide bonds. The Bertz CT molecular complexity index is 302. The average Bonchev–Trinajstić information content (AvgIpc) is 2.38. The number of nitrogens with one attached hydrogen (secondary N) is 1. The fourth-order valence-corrected chi connectivity index (χ4v) is 1.86. The van der Waals surface area contributed by atoms with Gasteiger partial charge in [0.25, 0.3) is 0 Å². The summed E-state index contributed by atoms with van der Waals surface area (Å²) in [6, 6.07) is 0. The summed E-state index contributed by atoms with van der Waals surface area (Å²) in [6.45, 7) is 0. The summed E-state index contributed by atoms with van der Waals surface area (Å²) in [7, 11) is 1.69. The van der Waals surface area contributed by atoms with Crippen molar-refractivity contribution in [2.75, 3.05) is 7.05 Å². The van der Waals surface area contributed by atoms with Gasteiger partial charge in [0, 0.05) is 13.5 Å². The molecule has 0 saturated carbocycles. The molecule has 1 unspecified atom stereocenters. The fraction of sp³-hybridized carbons (Fsp3) is 0.533. The zero-order chi connectivity index (χ0) is 12.3. The predicted molar refractivity (Wildman–Crippen MR) is 72.7 cm³/mol. The molecule has 0 aromatic carbocycles. The van der Waals surface area contributed by atoms with Gasteiger partial charge in [0.1, 0.15) is 0 Å². The molecule has 94 valence electrons. The molecule has 2 nitrogen and oxygen atoms in total. The van der Waals surface area contributed by atoms with Crippen molar-refractivity contribution < 1.29 is 4.79 Å². The van der Waals surface area contributed by atoms with Gasteiger partial charge in [0.2, 0.25) is 5.91 Å². The zero-order valence-electron chi connectivity index (χ0n) is 10.7. The minimum Gasteiger partial charge on any atom is -0.359 e. The quantitative estimate of drug-likeness (QED) is 0.530. The molecular formula is C15H23NO. The number of amides is 1. The van der Waals surface area contributed by atoms with Gasteiger partial charge in [0.15, 0.2) is 0 Å². The van der Waals surface area contributed by atoms with Crippen LogP contribution in [0.3, 0.4) is 0 Å². The maximum Gasteiger partial charge on any atom is 0.219 e. The van der Waals surface area contributed by atoms with Crippen molar-refractivity contribution >= 4 is 5.91 Å². The van der Waals surface area contributed by atoms with E-state index in [0.29, 0.717) is 12.3 Å². The lowest BCUT2D eigenvalue weighted by Crippen LogP contribution is -2.16. The molecule has 1 rings (SSSR count). The summed E-state index contributed by atoms with van der Waals surface area (Å²) < 4.78 is 0. The Labute approximate surface area is 104 Å². The van der Waals surface area contributed by atoms with E-state index in [1.807, 2.05) is 0 Å². The van der Waals surface area contributed by atoms with Crippen LogP contribution in [-0.2, 0) is 4.79 Å². The first kappa shape index (κ1) is 13.8. The van der Waals surface area contributed by atoms with Gasteiger partial charge in [-0.2, -0.15) is 0 Å². The van der Waals surface area contributed by atoms with Crippen LogP contribution < -0.4 is 5.32 Å². The molecule has 0 aromatic rings. The Kier molecular flexibility index (Phi) is 7.12. The minimum atomic E-state index is 0.152. The fourth-order valence-electron chi connectivity index (χ4n) is 1.86. The highest BCUT2D eigenvalue weighted by Gasteiger charge is 1.99. The second-order valence-corrected chi connectivity index (χ2v) is 4.41. The van der Waals surface area contributed by atoms with E-state index in [9.17, 15) is 4.79 Å². The van der Waals surface area contributed by atoms with Gasteiger partial charge in [0.05, 0.1) is 0 Å². The lowest BCUT2D eigenvalue weighted by Gasteiger charge is -2.06. The molecular weight excluding hydrogens is 210 g/mol.